The Kier molecular flexibility index (Phi) is 5.74. The number of hydrogen-bond acceptors (Lipinski definition) is 2. The van der Waals surface area contributed by atoms with Crippen LogP contribution in [0, 0.1) is 3.57 Å². The lowest BCUT2D eigenvalue weighted by atomic mass is 10.2. The van der Waals surface area contributed by atoms with E-state index < -0.39 is 0 Å². The van der Waals surface area contributed by atoms with Crippen molar-refractivity contribution in [2.75, 3.05) is 6.54 Å². The zero-order valence-electron chi connectivity index (χ0n) is 11.3. The monoisotopic (exact) mass is 394 g/mol. The summed E-state index contributed by atoms with van der Waals surface area (Å²) in [7, 11) is 0. The lowest BCUT2D eigenvalue weighted by molar-refractivity contribution is -0.120. The Morgan fingerprint density at radius 1 is 0.905 bits per heavy atom. The van der Waals surface area contributed by atoms with E-state index in [2.05, 4.69) is 33.2 Å². The number of hydrogen-bond donors (Lipinski definition) is 2. The first-order valence-electron chi connectivity index (χ1n) is 6.50. The number of amides is 2. The summed E-state index contributed by atoms with van der Waals surface area (Å²) in [6.45, 7) is 0.426. The van der Waals surface area contributed by atoms with Gasteiger partial charge in [0.05, 0.1) is 12.1 Å². The minimum Gasteiger partial charge on any atom is -0.350 e. The van der Waals surface area contributed by atoms with Crippen LogP contribution < -0.4 is 10.6 Å². The summed E-state index contributed by atoms with van der Waals surface area (Å²) in [6.07, 6.45) is 0. The lowest BCUT2D eigenvalue weighted by Crippen LogP contribution is -2.36. The van der Waals surface area contributed by atoms with Gasteiger partial charge in [0.1, 0.15) is 0 Å². The molecule has 5 heteroatoms. The molecule has 4 nitrogen and oxygen atoms in total. The van der Waals surface area contributed by atoms with Gasteiger partial charge in [0.2, 0.25) is 5.91 Å². The second-order valence-corrected chi connectivity index (χ2v) is 5.59. The van der Waals surface area contributed by atoms with E-state index in [1.54, 1.807) is 12.1 Å². The van der Waals surface area contributed by atoms with Crippen LogP contribution in [0.4, 0.5) is 0 Å². The highest BCUT2D eigenvalue weighted by molar-refractivity contribution is 14.1. The topological polar surface area (TPSA) is 58.2 Å². The molecule has 0 spiro atoms. The molecule has 0 aromatic heterocycles. The van der Waals surface area contributed by atoms with Crippen LogP contribution in [0.2, 0.25) is 0 Å². The number of carbonyl (C=O) groups excluding carboxylic acids is 2. The Morgan fingerprint density at radius 2 is 1.57 bits per heavy atom. The quantitative estimate of drug-likeness (QED) is 0.765. The predicted molar refractivity (Wildman–Crippen MR) is 89.8 cm³/mol. The van der Waals surface area contributed by atoms with Crippen molar-refractivity contribution in [1.29, 1.82) is 0 Å². The lowest BCUT2D eigenvalue weighted by Gasteiger charge is -2.08. The fourth-order valence-electron chi connectivity index (χ4n) is 1.76. The molecular weight excluding hydrogens is 379 g/mol. The summed E-state index contributed by atoms with van der Waals surface area (Å²) < 4.78 is 0.859. The molecule has 2 rings (SSSR count). The molecule has 21 heavy (non-hydrogen) atoms. The normalized spacial score (nSPS) is 9.95. The molecule has 2 amide bonds. The van der Waals surface area contributed by atoms with Gasteiger partial charge < -0.3 is 10.6 Å². The van der Waals surface area contributed by atoms with Crippen LogP contribution in [0.5, 0.6) is 0 Å². The zero-order valence-corrected chi connectivity index (χ0v) is 13.5. The van der Waals surface area contributed by atoms with Crippen molar-refractivity contribution >= 4 is 34.4 Å². The average Bonchev–Trinajstić information content (AvgIpc) is 2.52. The molecule has 0 saturated heterocycles. The van der Waals surface area contributed by atoms with Crippen LogP contribution in [-0.4, -0.2) is 18.4 Å². The highest BCUT2D eigenvalue weighted by Crippen LogP contribution is 2.10. The molecular formula is C16H15IN2O2. The van der Waals surface area contributed by atoms with Gasteiger partial charge in [-0.2, -0.15) is 0 Å². The third-order valence-electron chi connectivity index (χ3n) is 2.86. The Morgan fingerprint density at radius 3 is 2.29 bits per heavy atom. The fraction of sp³-hybridized carbons (Fsp3) is 0.125. The van der Waals surface area contributed by atoms with Crippen LogP contribution in [0.25, 0.3) is 0 Å². The highest BCUT2D eigenvalue weighted by Gasteiger charge is 2.10. The van der Waals surface area contributed by atoms with E-state index in [0.717, 1.165) is 9.13 Å². The van der Waals surface area contributed by atoms with E-state index in [1.807, 2.05) is 42.5 Å². The molecule has 0 radical (unpaired) electrons. The number of nitrogens with one attached hydrogen (secondary N) is 2. The first-order valence-corrected chi connectivity index (χ1v) is 7.58. The molecule has 0 saturated carbocycles. The molecule has 0 aliphatic carbocycles. The van der Waals surface area contributed by atoms with Gasteiger partial charge in [-0.1, -0.05) is 42.5 Å². The Bertz CT molecular complexity index is 629. The molecule has 0 fully saturated rings. The highest BCUT2D eigenvalue weighted by atomic mass is 127. The molecule has 0 aliphatic rings. The van der Waals surface area contributed by atoms with Crippen molar-refractivity contribution in [3.8, 4) is 0 Å². The molecule has 0 atom stereocenters. The molecule has 2 aromatic rings. The minimum absolute atomic E-state index is 0.0311. The summed E-state index contributed by atoms with van der Waals surface area (Å²) in [4.78, 5) is 23.7. The van der Waals surface area contributed by atoms with Crippen LogP contribution in [-0.2, 0) is 11.3 Å². The van der Waals surface area contributed by atoms with E-state index >= 15 is 0 Å². The van der Waals surface area contributed by atoms with Gasteiger partial charge in [-0.15, -0.1) is 0 Å². The number of halogens is 1. The van der Waals surface area contributed by atoms with E-state index in [-0.39, 0.29) is 18.4 Å². The summed E-state index contributed by atoms with van der Waals surface area (Å²) in [6, 6.07) is 16.9. The van der Waals surface area contributed by atoms with Crippen LogP contribution in [0.3, 0.4) is 0 Å². The third kappa shape index (κ3) is 4.86. The van der Waals surface area contributed by atoms with Crippen molar-refractivity contribution < 1.29 is 9.59 Å². The molecule has 0 heterocycles. The Labute approximate surface area is 137 Å². The second kappa shape index (κ2) is 7.78. The van der Waals surface area contributed by atoms with Crippen LogP contribution in [0.1, 0.15) is 15.9 Å². The standard InChI is InChI=1S/C16H15IN2O2/c17-14-9-5-4-8-13(14)16(21)19-11-15(20)18-10-12-6-2-1-3-7-12/h1-9H,10-11H2,(H,18,20)(H,19,21). The average molecular weight is 394 g/mol. The second-order valence-electron chi connectivity index (χ2n) is 4.42. The largest absolute Gasteiger partial charge is 0.350 e. The van der Waals surface area contributed by atoms with Gasteiger partial charge in [-0.05, 0) is 40.3 Å². The first kappa shape index (κ1) is 15.5. The SMILES string of the molecule is O=C(CNC(=O)c1ccccc1I)NCc1ccccc1. The summed E-state index contributed by atoms with van der Waals surface area (Å²) >= 11 is 2.10. The number of carbonyl (C=O) groups is 2. The molecule has 2 aromatic carbocycles. The van der Waals surface area contributed by atoms with Gasteiger partial charge in [-0.25, -0.2) is 0 Å². The first-order chi connectivity index (χ1) is 10.2. The molecule has 0 unspecified atom stereocenters. The minimum atomic E-state index is -0.241. The van der Waals surface area contributed by atoms with Gasteiger partial charge >= 0.3 is 0 Å². The predicted octanol–water partition coefficient (Wildman–Crippen LogP) is 2.34. The third-order valence-corrected chi connectivity index (χ3v) is 3.80. The van der Waals surface area contributed by atoms with E-state index in [0.29, 0.717) is 12.1 Å². The van der Waals surface area contributed by atoms with Gasteiger partial charge in [-0.3, -0.25) is 9.59 Å². The van der Waals surface area contributed by atoms with Gasteiger partial charge in [0, 0.05) is 10.1 Å². The van der Waals surface area contributed by atoms with Gasteiger partial charge in [0.15, 0.2) is 0 Å². The summed E-state index contributed by atoms with van der Waals surface area (Å²) in [5, 5.41) is 5.38. The van der Waals surface area contributed by atoms with Gasteiger partial charge in [0.25, 0.3) is 5.91 Å². The smallest absolute Gasteiger partial charge is 0.252 e. The van der Waals surface area contributed by atoms with Crippen molar-refractivity contribution in [2.45, 2.75) is 6.54 Å². The molecule has 2 N–H and O–H groups in total. The Hall–Kier alpha value is -1.89. The molecule has 108 valence electrons. The zero-order chi connectivity index (χ0) is 15.1. The molecule has 0 aliphatic heterocycles. The van der Waals surface area contributed by atoms with Crippen molar-refractivity contribution in [3.63, 3.8) is 0 Å². The van der Waals surface area contributed by atoms with Crippen LogP contribution in [0.15, 0.2) is 54.6 Å². The van der Waals surface area contributed by atoms with E-state index in [4.69, 9.17) is 0 Å². The fourth-order valence-corrected chi connectivity index (χ4v) is 2.39. The number of rotatable bonds is 5. The summed E-state index contributed by atoms with van der Waals surface area (Å²) in [5.74, 6) is -0.451. The Balaban J connectivity index is 1.79. The molecule has 0 bridgehead atoms. The maximum atomic E-state index is 11.9. The van der Waals surface area contributed by atoms with Crippen molar-refractivity contribution in [1.82, 2.24) is 10.6 Å². The van der Waals surface area contributed by atoms with E-state index in [1.165, 1.54) is 0 Å². The van der Waals surface area contributed by atoms with Crippen molar-refractivity contribution in [3.05, 3.63) is 69.3 Å². The number of benzene rings is 2. The van der Waals surface area contributed by atoms with E-state index in [9.17, 15) is 9.59 Å². The maximum absolute atomic E-state index is 11.9. The van der Waals surface area contributed by atoms with Crippen LogP contribution >= 0.6 is 22.6 Å². The summed E-state index contributed by atoms with van der Waals surface area (Å²) in [5.41, 5.74) is 1.60. The van der Waals surface area contributed by atoms with Crippen molar-refractivity contribution in [2.24, 2.45) is 0 Å². The maximum Gasteiger partial charge on any atom is 0.252 e.